The number of aryl methyl sites for hydroxylation is 1. The van der Waals surface area contributed by atoms with Gasteiger partial charge in [-0.05, 0) is 30.4 Å². The van der Waals surface area contributed by atoms with Crippen molar-refractivity contribution in [2.75, 3.05) is 5.32 Å². The number of hydrogen-bond donors (Lipinski definition) is 1. The first-order valence-corrected chi connectivity index (χ1v) is 9.49. The molecule has 27 heavy (non-hydrogen) atoms. The van der Waals surface area contributed by atoms with Crippen LogP contribution in [0.2, 0.25) is 0 Å². The zero-order chi connectivity index (χ0) is 18.7. The van der Waals surface area contributed by atoms with Gasteiger partial charge in [0, 0.05) is 31.7 Å². The van der Waals surface area contributed by atoms with Gasteiger partial charge in [0.15, 0.2) is 5.66 Å². The average molecular weight is 361 g/mol. The highest BCUT2D eigenvalue weighted by Crippen LogP contribution is 2.38. The summed E-state index contributed by atoms with van der Waals surface area (Å²) in [6, 6.07) is 10.5. The van der Waals surface area contributed by atoms with Crippen LogP contribution in [0.25, 0.3) is 0 Å². The van der Waals surface area contributed by atoms with Gasteiger partial charge in [0.1, 0.15) is 5.82 Å². The maximum absolute atomic E-state index is 12.5. The molecule has 2 aromatic rings. The largest absolute Gasteiger partial charge is 0.311 e. The summed E-state index contributed by atoms with van der Waals surface area (Å²) in [5.41, 5.74) is 2.24. The van der Waals surface area contributed by atoms with E-state index in [9.17, 15) is 4.79 Å². The Labute approximate surface area is 159 Å². The van der Waals surface area contributed by atoms with Crippen molar-refractivity contribution in [2.45, 2.75) is 56.7 Å². The zero-order valence-corrected chi connectivity index (χ0v) is 15.3. The van der Waals surface area contributed by atoms with Crippen molar-refractivity contribution in [2.24, 2.45) is 10.2 Å². The van der Waals surface area contributed by atoms with E-state index in [0.717, 1.165) is 25.1 Å². The Hall–Kier alpha value is -2.94. The van der Waals surface area contributed by atoms with Gasteiger partial charge in [0.2, 0.25) is 5.91 Å². The molecule has 1 amide bonds. The van der Waals surface area contributed by atoms with Crippen molar-refractivity contribution < 1.29 is 4.79 Å². The van der Waals surface area contributed by atoms with Crippen LogP contribution in [0.4, 0.5) is 5.82 Å². The van der Waals surface area contributed by atoms with E-state index in [1.807, 2.05) is 10.7 Å². The number of fused-ring (bicyclic) bond motifs is 1. The van der Waals surface area contributed by atoms with Gasteiger partial charge in [-0.15, -0.1) is 12.3 Å². The maximum Gasteiger partial charge on any atom is 0.225 e. The number of terminal acetylenes is 1. The van der Waals surface area contributed by atoms with Gasteiger partial charge in [0.05, 0.1) is 12.2 Å². The molecule has 2 heterocycles. The highest BCUT2D eigenvalue weighted by molar-refractivity contribution is 5.89. The third-order valence-electron chi connectivity index (χ3n) is 5.38. The molecule has 0 radical (unpaired) electrons. The molecule has 6 nitrogen and oxygen atoms in total. The molecule has 0 saturated heterocycles. The summed E-state index contributed by atoms with van der Waals surface area (Å²) in [5, 5.41) is 15.7. The molecule has 1 atom stereocenters. The summed E-state index contributed by atoms with van der Waals surface area (Å²) in [4.78, 5) is 12.5. The highest BCUT2D eigenvalue weighted by atomic mass is 16.1. The molecule has 1 aliphatic heterocycles. The van der Waals surface area contributed by atoms with Crippen LogP contribution in [0, 0.1) is 12.3 Å². The Kier molecular flexibility index (Phi) is 4.76. The lowest BCUT2D eigenvalue weighted by Crippen LogP contribution is -2.23. The number of anilines is 1. The minimum Gasteiger partial charge on any atom is -0.311 e. The molecule has 1 N–H and O–H groups in total. The summed E-state index contributed by atoms with van der Waals surface area (Å²) in [7, 11) is 0. The van der Waals surface area contributed by atoms with E-state index in [4.69, 9.17) is 6.42 Å². The molecular weight excluding hydrogens is 338 g/mol. The van der Waals surface area contributed by atoms with Crippen LogP contribution in [0.15, 0.2) is 46.8 Å². The van der Waals surface area contributed by atoms with Crippen LogP contribution in [-0.4, -0.2) is 21.4 Å². The Balaban J connectivity index is 1.41. The number of nitrogens with zero attached hydrogens (tertiary/aromatic N) is 4. The highest BCUT2D eigenvalue weighted by Gasteiger charge is 2.39. The van der Waals surface area contributed by atoms with Crippen molar-refractivity contribution in [1.82, 2.24) is 9.78 Å². The molecule has 4 rings (SSSR count). The number of nitrogens with one attached hydrogen (secondary N) is 1. The van der Waals surface area contributed by atoms with E-state index in [1.54, 1.807) is 6.20 Å². The first kappa shape index (κ1) is 17.5. The van der Waals surface area contributed by atoms with Crippen LogP contribution in [0.5, 0.6) is 0 Å². The molecule has 2 aliphatic rings. The zero-order valence-electron chi connectivity index (χ0n) is 15.3. The van der Waals surface area contributed by atoms with Gasteiger partial charge in [0.25, 0.3) is 0 Å². The average Bonchev–Trinajstić information content (AvgIpc) is 3.33. The van der Waals surface area contributed by atoms with E-state index in [0.29, 0.717) is 25.7 Å². The van der Waals surface area contributed by atoms with E-state index >= 15 is 0 Å². The van der Waals surface area contributed by atoms with Crippen LogP contribution in [0.1, 0.15) is 55.7 Å². The number of aromatic nitrogens is 2. The number of benzene rings is 1. The summed E-state index contributed by atoms with van der Waals surface area (Å²) in [5.74, 6) is 3.30. The summed E-state index contributed by atoms with van der Waals surface area (Å²) < 4.78 is 1.94. The fourth-order valence-electron chi connectivity index (χ4n) is 3.83. The van der Waals surface area contributed by atoms with Crippen LogP contribution in [-0.2, 0) is 11.2 Å². The lowest BCUT2D eigenvalue weighted by Gasteiger charge is -2.27. The van der Waals surface area contributed by atoms with Crippen molar-refractivity contribution in [3.8, 4) is 12.3 Å². The van der Waals surface area contributed by atoms with Gasteiger partial charge in [-0.25, -0.2) is 4.68 Å². The van der Waals surface area contributed by atoms with Crippen LogP contribution >= 0.6 is 0 Å². The summed E-state index contributed by atoms with van der Waals surface area (Å²) >= 11 is 0. The molecule has 0 fully saturated rings. The fraction of sp³-hybridized carbons (Fsp3) is 0.429. The number of amides is 1. The van der Waals surface area contributed by atoms with E-state index in [1.165, 1.54) is 11.1 Å². The Morgan fingerprint density at radius 1 is 1.30 bits per heavy atom. The molecule has 0 saturated carbocycles. The van der Waals surface area contributed by atoms with Gasteiger partial charge in [-0.1, -0.05) is 24.3 Å². The molecular formula is C21H23N5O. The standard InChI is InChI=1S/C21H23N5O/c1-2-3-13-21(24-25-21)14-11-20(27)23-19-12-15-22-26(19)18-10-6-8-16-7-4-5-9-17(16)18/h1,4-5,7,9,12,15,18H,3,6,8,10-11,13-14H2,(H,23,27). The monoisotopic (exact) mass is 361 g/mol. The first-order chi connectivity index (χ1) is 13.2. The van der Waals surface area contributed by atoms with Crippen LogP contribution in [0.3, 0.4) is 0 Å². The summed E-state index contributed by atoms with van der Waals surface area (Å²) in [6.07, 6.45) is 12.6. The molecule has 0 bridgehead atoms. The topological polar surface area (TPSA) is 71.6 Å². The second-order valence-corrected chi connectivity index (χ2v) is 7.20. The van der Waals surface area contributed by atoms with Crippen molar-refractivity contribution >= 4 is 11.7 Å². The van der Waals surface area contributed by atoms with Gasteiger partial charge < -0.3 is 5.32 Å². The minimum atomic E-state index is -0.424. The quantitative estimate of drug-likeness (QED) is 0.754. The second-order valence-electron chi connectivity index (χ2n) is 7.20. The van der Waals surface area contributed by atoms with Crippen molar-refractivity contribution in [3.63, 3.8) is 0 Å². The number of hydrogen-bond acceptors (Lipinski definition) is 4. The van der Waals surface area contributed by atoms with E-state index in [-0.39, 0.29) is 11.9 Å². The Morgan fingerprint density at radius 2 is 2.15 bits per heavy atom. The predicted molar refractivity (Wildman–Crippen MR) is 103 cm³/mol. The predicted octanol–water partition coefficient (Wildman–Crippen LogP) is 4.10. The molecule has 1 aromatic heterocycles. The minimum absolute atomic E-state index is 0.0433. The lowest BCUT2D eigenvalue weighted by molar-refractivity contribution is -0.116. The smallest absolute Gasteiger partial charge is 0.225 e. The number of rotatable bonds is 7. The Morgan fingerprint density at radius 3 is 2.96 bits per heavy atom. The number of carbonyl (C=O) groups is 1. The first-order valence-electron chi connectivity index (χ1n) is 9.49. The van der Waals surface area contributed by atoms with E-state index in [2.05, 4.69) is 50.8 Å². The second kappa shape index (κ2) is 7.36. The molecule has 1 aliphatic carbocycles. The molecule has 0 spiro atoms. The van der Waals surface area contributed by atoms with Gasteiger partial charge in [-0.3, -0.25) is 4.79 Å². The molecule has 138 valence electrons. The van der Waals surface area contributed by atoms with Gasteiger partial charge >= 0.3 is 0 Å². The third kappa shape index (κ3) is 3.77. The third-order valence-corrected chi connectivity index (χ3v) is 5.38. The molecule has 1 aromatic carbocycles. The molecule has 1 unspecified atom stereocenters. The summed E-state index contributed by atoms with van der Waals surface area (Å²) in [6.45, 7) is 0. The molecule has 6 heteroatoms. The SMILES string of the molecule is C#CCCC1(CCC(=O)Nc2ccnn2C2CCCc3ccccc32)N=N1. The number of carbonyl (C=O) groups excluding carboxylic acids is 1. The van der Waals surface area contributed by atoms with Gasteiger partial charge in [-0.2, -0.15) is 15.3 Å². The van der Waals surface area contributed by atoms with E-state index < -0.39 is 5.66 Å². The fourth-order valence-corrected chi connectivity index (χ4v) is 3.83. The Bertz CT molecular complexity index is 901. The van der Waals surface area contributed by atoms with Crippen molar-refractivity contribution in [3.05, 3.63) is 47.7 Å². The van der Waals surface area contributed by atoms with Crippen molar-refractivity contribution in [1.29, 1.82) is 0 Å². The normalized spacial score (nSPS) is 19.1. The van der Waals surface area contributed by atoms with Crippen LogP contribution < -0.4 is 5.32 Å². The lowest BCUT2D eigenvalue weighted by atomic mass is 9.88. The maximum atomic E-state index is 12.5.